The zero-order chi connectivity index (χ0) is 8.27. The number of aliphatic imine (C=N–C) groups is 1. The van der Waals surface area contributed by atoms with Crippen molar-refractivity contribution in [1.82, 2.24) is 4.98 Å². The van der Waals surface area contributed by atoms with E-state index in [1.54, 1.807) is 5.51 Å². The average molecular weight is 249 g/mol. The van der Waals surface area contributed by atoms with Crippen LogP contribution in [0.2, 0.25) is 0 Å². The molecule has 0 unspecified atom stereocenters. The van der Waals surface area contributed by atoms with Crippen molar-refractivity contribution in [2.45, 2.75) is 0 Å². The van der Waals surface area contributed by atoms with E-state index >= 15 is 0 Å². The Morgan fingerprint density at radius 3 is 3.09 bits per heavy atom. The highest BCUT2D eigenvalue weighted by molar-refractivity contribution is 9.11. The molecule has 1 aromatic heterocycles. The maximum atomic E-state index is 10.9. The first kappa shape index (κ1) is 8.67. The van der Waals surface area contributed by atoms with Gasteiger partial charge in [0.15, 0.2) is 5.69 Å². The van der Waals surface area contributed by atoms with Crippen LogP contribution in [-0.4, -0.2) is 16.1 Å². The third kappa shape index (κ3) is 2.00. The highest BCUT2D eigenvalue weighted by Gasteiger charge is 2.10. The molecule has 1 heterocycles. The third-order valence-corrected chi connectivity index (χ3v) is 2.51. The topological polar surface area (TPSA) is 42.3 Å². The Morgan fingerprint density at radius 1 is 1.91 bits per heavy atom. The van der Waals surface area contributed by atoms with Gasteiger partial charge in [0, 0.05) is 0 Å². The Balaban J connectivity index is 3.02. The number of hydrogen-bond donors (Lipinski definition) is 0. The minimum atomic E-state index is -0.465. The van der Waals surface area contributed by atoms with Crippen LogP contribution in [0.1, 0.15) is 10.5 Å². The van der Waals surface area contributed by atoms with Crippen LogP contribution in [0.4, 0.5) is 0 Å². The summed E-state index contributed by atoms with van der Waals surface area (Å²) in [4.78, 5) is 18.0. The van der Waals surface area contributed by atoms with E-state index in [1.165, 1.54) is 11.3 Å². The molecule has 0 spiro atoms. The van der Waals surface area contributed by atoms with Crippen molar-refractivity contribution in [3.8, 4) is 0 Å². The van der Waals surface area contributed by atoms with E-state index < -0.39 is 5.91 Å². The van der Waals surface area contributed by atoms with Gasteiger partial charge in [0.25, 0.3) is 0 Å². The highest BCUT2D eigenvalue weighted by atomic mass is 79.9. The number of isothiocyanates is 1. The van der Waals surface area contributed by atoms with Crippen LogP contribution < -0.4 is 0 Å². The maximum absolute atomic E-state index is 10.9. The monoisotopic (exact) mass is 248 g/mol. The second-order valence-corrected chi connectivity index (χ2v) is 3.84. The van der Waals surface area contributed by atoms with E-state index in [-0.39, 0.29) is 5.69 Å². The second kappa shape index (κ2) is 3.82. The number of hydrogen-bond acceptors (Lipinski definition) is 4. The molecule has 0 N–H and O–H groups in total. The lowest BCUT2D eigenvalue weighted by molar-refractivity contribution is 0.0999. The van der Waals surface area contributed by atoms with E-state index in [4.69, 9.17) is 0 Å². The Morgan fingerprint density at radius 2 is 2.64 bits per heavy atom. The summed E-state index contributed by atoms with van der Waals surface area (Å²) in [5, 5.41) is 1.99. The summed E-state index contributed by atoms with van der Waals surface area (Å²) in [6, 6.07) is 0. The van der Waals surface area contributed by atoms with Gasteiger partial charge in [-0.05, 0) is 28.1 Å². The molecule has 0 radical (unpaired) electrons. The third-order valence-electron chi connectivity index (χ3n) is 0.874. The predicted octanol–water partition coefficient (Wildman–Crippen LogP) is 2.15. The van der Waals surface area contributed by atoms with Crippen molar-refractivity contribution < 1.29 is 4.79 Å². The molecule has 0 atom stereocenters. The van der Waals surface area contributed by atoms with Gasteiger partial charge in [-0.1, -0.05) is 0 Å². The molecule has 0 bridgehead atoms. The van der Waals surface area contributed by atoms with Gasteiger partial charge in [0.2, 0.25) is 0 Å². The Labute approximate surface area is 80.3 Å². The van der Waals surface area contributed by atoms with Gasteiger partial charge in [0.1, 0.15) is 3.79 Å². The van der Waals surface area contributed by atoms with Gasteiger partial charge >= 0.3 is 5.91 Å². The molecule has 0 fully saturated rings. The van der Waals surface area contributed by atoms with Gasteiger partial charge < -0.3 is 0 Å². The number of rotatable bonds is 1. The van der Waals surface area contributed by atoms with Gasteiger partial charge in [-0.3, -0.25) is 4.79 Å². The molecule has 0 aromatic carbocycles. The standard InChI is InChI=1S/C5HBrN2OS2/c6-4-3(8-2-11-4)5(9)7-1-10/h2H. The molecular weight excluding hydrogens is 248 g/mol. The fourth-order valence-corrected chi connectivity index (χ4v) is 1.57. The molecule has 0 saturated heterocycles. The van der Waals surface area contributed by atoms with Gasteiger partial charge in [-0.15, -0.1) is 11.3 Å². The van der Waals surface area contributed by atoms with E-state index in [1.807, 2.05) is 5.16 Å². The molecule has 0 saturated carbocycles. The summed E-state index contributed by atoms with van der Waals surface area (Å²) >= 11 is 8.74. The van der Waals surface area contributed by atoms with E-state index in [9.17, 15) is 4.79 Å². The summed E-state index contributed by atoms with van der Waals surface area (Å²) < 4.78 is 0.663. The molecule has 11 heavy (non-hydrogen) atoms. The van der Waals surface area contributed by atoms with Crippen LogP contribution >= 0.6 is 39.5 Å². The zero-order valence-corrected chi connectivity index (χ0v) is 8.29. The molecule has 56 valence electrons. The summed E-state index contributed by atoms with van der Waals surface area (Å²) in [7, 11) is 0. The maximum Gasteiger partial charge on any atom is 0.306 e. The summed E-state index contributed by atoms with van der Waals surface area (Å²) in [5.41, 5.74) is 1.84. The van der Waals surface area contributed by atoms with Crippen LogP contribution in [0.25, 0.3) is 0 Å². The first-order chi connectivity index (χ1) is 5.25. The average Bonchev–Trinajstić information content (AvgIpc) is 2.36. The molecule has 0 aliphatic carbocycles. The quantitative estimate of drug-likeness (QED) is 0.565. The predicted molar refractivity (Wildman–Crippen MR) is 49.2 cm³/mol. The Hall–Kier alpha value is -0.420. The number of thiazole rings is 1. The SMILES string of the molecule is O=C(N=C=S)c1ncsc1Br. The summed E-state index contributed by atoms with van der Waals surface area (Å²) in [5.74, 6) is -0.465. The molecule has 0 aliphatic rings. The number of aromatic nitrogens is 1. The first-order valence-electron chi connectivity index (χ1n) is 2.47. The van der Waals surface area contributed by atoms with Gasteiger partial charge in [-0.2, -0.15) is 4.99 Å². The van der Waals surface area contributed by atoms with Crippen LogP contribution in [0.3, 0.4) is 0 Å². The van der Waals surface area contributed by atoms with E-state index in [0.29, 0.717) is 3.79 Å². The van der Waals surface area contributed by atoms with Crippen molar-refractivity contribution in [1.29, 1.82) is 0 Å². The zero-order valence-electron chi connectivity index (χ0n) is 5.07. The van der Waals surface area contributed by atoms with Gasteiger partial charge in [0.05, 0.1) is 10.7 Å². The van der Waals surface area contributed by atoms with Crippen LogP contribution in [0.5, 0.6) is 0 Å². The van der Waals surface area contributed by atoms with Crippen LogP contribution in [0, 0.1) is 0 Å². The molecule has 0 aliphatic heterocycles. The van der Waals surface area contributed by atoms with E-state index in [0.717, 1.165) is 0 Å². The Bertz CT molecular complexity index is 329. The number of halogens is 1. The van der Waals surface area contributed by atoms with Crippen molar-refractivity contribution in [2.24, 2.45) is 4.99 Å². The summed E-state index contributed by atoms with van der Waals surface area (Å²) in [6.45, 7) is 0. The molecule has 1 amide bonds. The second-order valence-electron chi connectivity index (χ2n) is 1.48. The number of amides is 1. The molecule has 1 rings (SSSR count). The van der Waals surface area contributed by atoms with E-state index in [2.05, 4.69) is 38.1 Å². The first-order valence-corrected chi connectivity index (χ1v) is 4.55. The van der Waals surface area contributed by atoms with Crippen molar-refractivity contribution in [3.63, 3.8) is 0 Å². The molecule has 3 nitrogen and oxygen atoms in total. The largest absolute Gasteiger partial charge is 0.306 e. The normalized spacial score (nSPS) is 8.82. The minimum absolute atomic E-state index is 0.285. The number of carbonyl (C=O) groups is 1. The molecule has 6 heteroatoms. The lowest BCUT2D eigenvalue weighted by Gasteiger charge is -1.84. The Kier molecular flexibility index (Phi) is 3.02. The minimum Gasteiger partial charge on any atom is -0.264 e. The lowest BCUT2D eigenvalue weighted by atomic mass is 10.5. The highest BCUT2D eigenvalue weighted by Crippen LogP contribution is 2.20. The van der Waals surface area contributed by atoms with Crippen LogP contribution in [-0.2, 0) is 0 Å². The van der Waals surface area contributed by atoms with Crippen LogP contribution in [0.15, 0.2) is 14.3 Å². The number of nitrogens with zero attached hydrogens (tertiary/aromatic N) is 2. The summed E-state index contributed by atoms with van der Waals surface area (Å²) in [6.07, 6.45) is 0. The molecular formula is C5HBrN2OS2. The van der Waals surface area contributed by atoms with Crippen molar-refractivity contribution in [3.05, 3.63) is 15.0 Å². The van der Waals surface area contributed by atoms with Gasteiger partial charge in [-0.25, -0.2) is 4.98 Å². The fourth-order valence-electron chi connectivity index (χ4n) is 0.466. The van der Waals surface area contributed by atoms with Crippen molar-refractivity contribution >= 4 is 50.6 Å². The smallest absolute Gasteiger partial charge is 0.264 e. The van der Waals surface area contributed by atoms with Crippen molar-refractivity contribution in [2.75, 3.05) is 0 Å². The number of thiocarbonyl (C=S) groups is 1. The molecule has 1 aromatic rings. The number of carbonyl (C=O) groups excluding carboxylic acids is 1. The fraction of sp³-hybridized carbons (Fsp3) is 0. The lowest BCUT2D eigenvalue weighted by Crippen LogP contribution is -1.94.